The third kappa shape index (κ3) is 6.24. The smallest absolute Gasteiger partial charge is 0.262 e. The van der Waals surface area contributed by atoms with Crippen LogP contribution in [0.1, 0.15) is 16.7 Å². The van der Waals surface area contributed by atoms with Crippen molar-refractivity contribution in [2.75, 3.05) is 0 Å². The van der Waals surface area contributed by atoms with Crippen LogP contribution in [-0.4, -0.2) is 5.91 Å². The average molecular weight is 403 g/mol. The number of ether oxygens (including phenoxy) is 1. The summed E-state index contributed by atoms with van der Waals surface area (Å²) >= 11 is 5.88. The second-order valence-electron chi connectivity index (χ2n) is 6.32. The zero-order valence-corrected chi connectivity index (χ0v) is 16.4. The molecule has 4 nitrogen and oxygen atoms in total. The van der Waals surface area contributed by atoms with E-state index in [1.807, 2.05) is 60.7 Å². The van der Waals surface area contributed by atoms with E-state index in [-0.39, 0.29) is 5.57 Å². The van der Waals surface area contributed by atoms with Gasteiger partial charge in [-0.05, 0) is 47.0 Å². The van der Waals surface area contributed by atoms with Gasteiger partial charge in [-0.15, -0.1) is 0 Å². The molecule has 3 rings (SSSR count). The summed E-state index contributed by atoms with van der Waals surface area (Å²) in [6.45, 7) is 0.799. The molecule has 144 valence electrons. The molecule has 1 amide bonds. The average Bonchev–Trinajstić information content (AvgIpc) is 2.77. The maximum absolute atomic E-state index is 12.3. The van der Waals surface area contributed by atoms with Gasteiger partial charge in [-0.3, -0.25) is 4.79 Å². The molecular weight excluding hydrogens is 384 g/mol. The Morgan fingerprint density at radius 1 is 0.966 bits per heavy atom. The molecule has 3 aromatic rings. The van der Waals surface area contributed by atoms with Crippen molar-refractivity contribution in [1.29, 1.82) is 5.26 Å². The van der Waals surface area contributed by atoms with E-state index in [9.17, 15) is 10.1 Å². The van der Waals surface area contributed by atoms with Gasteiger partial charge in [-0.1, -0.05) is 66.2 Å². The molecule has 0 aliphatic carbocycles. The van der Waals surface area contributed by atoms with Crippen LogP contribution in [-0.2, 0) is 17.9 Å². The summed E-state index contributed by atoms with van der Waals surface area (Å²) in [6.07, 6.45) is 1.56. The van der Waals surface area contributed by atoms with Crippen molar-refractivity contribution < 1.29 is 9.53 Å². The number of carbonyl (C=O) groups excluding carboxylic acids is 1. The number of rotatable bonds is 7. The highest BCUT2D eigenvalue weighted by Crippen LogP contribution is 2.17. The fourth-order valence-corrected chi connectivity index (χ4v) is 2.72. The summed E-state index contributed by atoms with van der Waals surface area (Å²) in [6, 6.07) is 26.2. The van der Waals surface area contributed by atoms with E-state index < -0.39 is 5.91 Å². The molecule has 0 fully saturated rings. The third-order valence-corrected chi connectivity index (χ3v) is 4.42. The minimum atomic E-state index is -0.403. The van der Waals surface area contributed by atoms with E-state index in [1.54, 1.807) is 30.3 Å². The third-order valence-electron chi connectivity index (χ3n) is 4.17. The lowest BCUT2D eigenvalue weighted by atomic mass is 10.1. The van der Waals surface area contributed by atoms with Gasteiger partial charge in [0.15, 0.2) is 0 Å². The second-order valence-corrected chi connectivity index (χ2v) is 6.76. The SMILES string of the molecule is N#C/C(=C/c1ccc(OCc2ccc(Cl)cc2)cc1)C(=O)NCc1ccccc1. The molecule has 0 heterocycles. The first-order valence-electron chi connectivity index (χ1n) is 9.05. The highest BCUT2D eigenvalue weighted by Gasteiger charge is 2.08. The number of amides is 1. The van der Waals surface area contributed by atoms with Gasteiger partial charge in [0.25, 0.3) is 5.91 Å². The summed E-state index contributed by atoms with van der Waals surface area (Å²) in [4.78, 5) is 12.3. The van der Waals surface area contributed by atoms with Gasteiger partial charge >= 0.3 is 0 Å². The van der Waals surface area contributed by atoms with Crippen LogP contribution >= 0.6 is 11.6 Å². The van der Waals surface area contributed by atoms with Gasteiger partial charge in [0, 0.05) is 11.6 Å². The minimum Gasteiger partial charge on any atom is -0.489 e. The van der Waals surface area contributed by atoms with E-state index >= 15 is 0 Å². The Kier molecular flexibility index (Phi) is 7.05. The first-order valence-corrected chi connectivity index (χ1v) is 9.43. The van der Waals surface area contributed by atoms with Crippen LogP contribution in [0.3, 0.4) is 0 Å². The Labute approximate surface area is 175 Å². The number of hydrogen-bond acceptors (Lipinski definition) is 3. The standard InChI is InChI=1S/C24H19ClN2O2/c25-22-10-6-20(7-11-22)17-29-23-12-8-18(9-13-23)14-21(15-26)24(28)27-16-19-4-2-1-3-5-19/h1-14H,16-17H2,(H,27,28)/b21-14-. The zero-order chi connectivity index (χ0) is 20.5. The molecular formula is C24H19ClN2O2. The van der Waals surface area contributed by atoms with E-state index in [0.717, 1.165) is 16.7 Å². The molecule has 0 aliphatic rings. The predicted octanol–water partition coefficient (Wildman–Crippen LogP) is 5.14. The Hall–Kier alpha value is -3.55. The molecule has 5 heteroatoms. The molecule has 0 atom stereocenters. The van der Waals surface area contributed by atoms with E-state index in [4.69, 9.17) is 16.3 Å². The highest BCUT2D eigenvalue weighted by molar-refractivity contribution is 6.30. The quantitative estimate of drug-likeness (QED) is 0.439. The van der Waals surface area contributed by atoms with Gasteiger partial charge in [0.1, 0.15) is 24.0 Å². The minimum absolute atomic E-state index is 0.0516. The van der Waals surface area contributed by atoms with Gasteiger partial charge in [0.05, 0.1) is 0 Å². The lowest BCUT2D eigenvalue weighted by molar-refractivity contribution is -0.117. The van der Waals surface area contributed by atoms with Gasteiger partial charge in [0.2, 0.25) is 0 Å². The Bertz CT molecular complexity index is 1020. The molecule has 0 saturated heterocycles. The van der Waals surface area contributed by atoms with Crippen molar-refractivity contribution in [3.8, 4) is 11.8 Å². The first kappa shape index (κ1) is 20.2. The first-order chi connectivity index (χ1) is 14.1. The molecule has 0 unspecified atom stereocenters. The summed E-state index contributed by atoms with van der Waals surface area (Å²) in [5.41, 5.74) is 2.78. The van der Waals surface area contributed by atoms with Crippen molar-refractivity contribution in [1.82, 2.24) is 5.32 Å². The predicted molar refractivity (Wildman–Crippen MR) is 114 cm³/mol. The largest absolute Gasteiger partial charge is 0.489 e. The van der Waals surface area contributed by atoms with E-state index in [0.29, 0.717) is 23.9 Å². The molecule has 0 radical (unpaired) electrons. The summed E-state index contributed by atoms with van der Waals surface area (Å²) in [5, 5.41) is 12.8. The van der Waals surface area contributed by atoms with Gasteiger partial charge < -0.3 is 10.1 Å². The summed E-state index contributed by atoms with van der Waals surface area (Å²) in [5.74, 6) is 0.295. The summed E-state index contributed by atoms with van der Waals surface area (Å²) in [7, 11) is 0. The number of nitriles is 1. The fourth-order valence-electron chi connectivity index (χ4n) is 2.60. The second kappa shape index (κ2) is 10.1. The topological polar surface area (TPSA) is 62.1 Å². The van der Waals surface area contributed by atoms with E-state index in [1.165, 1.54) is 0 Å². The molecule has 0 spiro atoms. The molecule has 0 saturated carbocycles. The van der Waals surface area contributed by atoms with Crippen LogP contribution < -0.4 is 10.1 Å². The van der Waals surface area contributed by atoms with Crippen molar-refractivity contribution >= 4 is 23.6 Å². The number of nitrogens with one attached hydrogen (secondary N) is 1. The number of halogens is 1. The number of hydrogen-bond donors (Lipinski definition) is 1. The van der Waals surface area contributed by atoms with Crippen molar-refractivity contribution in [3.05, 3.63) is 106 Å². The van der Waals surface area contributed by atoms with Crippen LogP contribution in [0.15, 0.2) is 84.4 Å². The van der Waals surface area contributed by atoms with Crippen LogP contribution in [0.5, 0.6) is 5.75 Å². The maximum atomic E-state index is 12.3. The van der Waals surface area contributed by atoms with Gasteiger partial charge in [-0.25, -0.2) is 0 Å². The van der Waals surface area contributed by atoms with Crippen LogP contribution in [0.4, 0.5) is 0 Å². The maximum Gasteiger partial charge on any atom is 0.262 e. The van der Waals surface area contributed by atoms with Gasteiger partial charge in [-0.2, -0.15) is 5.26 Å². The lowest BCUT2D eigenvalue weighted by Crippen LogP contribution is -2.23. The van der Waals surface area contributed by atoms with Crippen molar-refractivity contribution in [2.45, 2.75) is 13.2 Å². The van der Waals surface area contributed by atoms with E-state index in [2.05, 4.69) is 5.32 Å². The fraction of sp³-hybridized carbons (Fsp3) is 0.0833. The molecule has 0 aromatic heterocycles. The van der Waals surface area contributed by atoms with Crippen LogP contribution in [0, 0.1) is 11.3 Å². The van der Waals surface area contributed by atoms with Crippen LogP contribution in [0.25, 0.3) is 6.08 Å². The van der Waals surface area contributed by atoms with Crippen molar-refractivity contribution in [3.63, 3.8) is 0 Å². The highest BCUT2D eigenvalue weighted by atomic mass is 35.5. The molecule has 0 bridgehead atoms. The lowest BCUT2D eigenvalue weighted by Gasteiger charge is -2.07. The molecule has 1 N–H and O–H groups in total. The zero-order valence-electron chi connectivity index (χ0n) is 15.6. The number of benzene rings is 3. The van der Waals surface area contributed by atoms with Crippen LogP contribution in [0.2, 0.25) is 5.02 Å². The Morgan fingerprint density at radius 3 is 2.31 bits per heavy atom. The monoisotopic (exact) mass is 402 g/mol. The Balaban J connectivity index is 1.58. The molecule has 0 aliphatic heterocycles. The normalized spacial score (nSPS) is 10.8. The number of nitrogens with zero attached hydrogens (tertiary/aromatic N) is 1. The number of carbonyl (C=O) groups is 1. The molecule has 3 aromatic carbocycles. The van der Waals surface area contributed by atoms with Crippen molar-refractivity contribution in [2.24, 2.45) is 0 Å². The summed E-state index contributed by atoms with van der Waals surface area (Å²) < 4.78 is 5.75. The Morgan fingerprint density at radius 2 is 1.66 bits per heavy atom. The molecule has 29 heavy (non-hydrogen) atoms.